The van der Waals surface area contributed by atoms with Gasteiger partial charge in [0.15, 0.2) is 0 Å². The van der Waals surface area contributed by atoms with E-state index in [1.54, 1.807) is 29.2 Å². The normalized spacial score (nSPS) is 21.9. The van der Waals surface area contributed by atoms with E-state index in [1.807, 2.05) is 6.07 Å². The molecule has 1 fully saturated rings. The van der Waals surface area contributed by atoms with Crippen LogP contribution in [0.1, 0.15) is 35.7 Å². The highest BCUT2D eigenvalue weighted by atomic mass is 35.5. The third-order valence-electron chi connectivity index (χ3n) is 7.45. The molecule has 1 aromatic heterocycles. The summed E-state index contributed by atoms with van der Waals surface area (Å²) in [6.07, 6.45) is 6.34. The summed E-state index contributed by atoms with van der Waals surface area (Å²) in [6, 6.07) is 7.94. The van der Waals surface area contributed by atoms with Crippen LogP contribution in [-0.2, 0) is 11.2 Å². The van der Waals surface area contributed by atoms with Crippen molar-refractivity contribution in [2.45, 2.75) is 31.3 Å². The second-order valence-electron chi connectivity index (χ2n) is 9.64. The number of carbonyl (C=O) groups excluding carboxylic acids is 2. The summed E-state index contributed by atoms with van der Waals surface area (Å²) in [6.45, 7) is 3.04. The van der Waals surface area contributed by atoms with Gasteiger partial charge in [-0.15, -0.1) is 0 Å². The zero-order chi connectivity index (χ0) is 25.0. The van der Waals surface area contributed by atoms with Gasteiger partial charge < -0.3 is 10.1 Å². The van der Waals surface area contributed by atoms with Crippen LogP contribution >= 0.6 is 11.6 Å². The predicted molar refractivity (Wildman–Crippen MR) is 134 cm³/mol. The molecule has 2 N–H and O–H groups in total. The molecule has 3 aliphatic rings. The van der Waals surface area contributed by atoms with Gasteiger partial charge in [-0.25, -0.2) is 9.18 Å². The van der Waals surface area contributed by atoms with Crippen LogP contribution in [0.3, 0.4) is 0 Å². The van der Waals surface area contributed by atoms with Crippen molar-refractivity contribution in [3.63, 3.8) is 0 Å². The highest BCUT2D eigenvalue weighted by Gasteiger charge is 2.52. The number of phenols is 1. The summed E-state index contributed by atoms with van der Waals surface area (Å²) in [4.78, 5) is 35.8. The van der Waals surface area contributed by atoms with E-state index in [0.717, 1.165) is 37.0 Å². The van der Waals surface area contributed by atoms with Crippen molar-refractivity contribution in [1.29, 1.82) is 0 Å². The number of fused-ring (bicyclic) bond motifs is 4. The van der Waals surface area contributed by atoms with Gasteiger partial charge in [-0.2, -0.15) is 0 Å². The van der Waals surface area contributed by atoms with E-state index in [1.165, 1.54) is 11.0 Å². The number of urea groups is 1. The van der Waals surface area contributed by atoms with Gasteiger partial charge in [0.1, 0.15) is 23.7 Å². The number of nitrogens with zero attached hydrogens (tertiary/aromatic N) is 3. The van der Waals surface area contributed by atoms with Crippen molar-refractivity contribution in [2.24, 2.45) is 0 Å². The molecule has 1 unspecified atom stereocenters. The van der Waals surface area contributed by atoms with Gasteiger partial charge >= 0.3 is 6.03 Å². The first-order valence-corrected chi connectivity index (χ1v) is 12.6. The summed E-state index contributed by atoms with van der Waals surface area (Å²) in [7, 11) is 0. The van der Waals surface area contributed by atoms with Crippen LogP contribution in [-0.4, -0.2) is 68.9 Å². The van der Waals surface area contributed by atoms with Crippen molar-refractivity contribution >= 4 is 34.4 Å². The molecular formula is C27H26ClFN4O3. The first kappa shape index (κ1) is 23.1. The van der Waals surface area contributed by atoms with Crippen molar-refractivity contribution in [1.82, 2.24) is 19.7 Å². The summed E-state index contributed by atoms with van der Waals surface area (Å²) >= 11 is 6.10. The van der Waals surface area contributed by atoms with Crippen LogP contribution in [0, 0.1) is 5.82 Å². The molecule has 0 aliphatic carbocycles. The monoisotopic (exact) mass is 508 g/mol. The molecule has 2 aromatic carbocycles. The van der Waals surface area contributed by atoms with E-state index < -0.39 is 17.9 Å². The third-order valence-corrected chi connectivity index (χ3v) is 7.74. The topological polar surface area (TPSA) is 79.9 Å². The van der Waals surface area contributed by atoms with E-state index in [4.69, 9.17) is 11.6 Å². The Morgan fingerprint density at radius 3 is 2.78 bits per heavy atom. The molecule has 0 spiro atoms. The molecule has 36 heavy (non-hydrogen) atoms. The Morgan fingerprint density at radius 1 is 1.14 bits per heavy atom. The summed E-state index contributed by atoms with van der Waals surface area (Å²) in [5, 5.41) is 10.9. The van der Waals surface area contributed by atoms with E-state index in [9.17, 15) is 19.1 Å². The maximum atomic E-state index is 14.2. The summed E-state index contributed by atoms with van der Waals surface area (Å²) in [5.41, 5.74) is 2.77. The lowest BCUT2D eigenvalue weighted by Gasteiger charge is -2.36. The van der Waals surface area contributed by atoms with Gasteiger partial charge in [-0.3, -0.25) is 19.5 Å². The Bertz CT molecular complexity index is 1400. The zero-order valence-electron chi connectivity index (χ0n) is 19.6. The molecule has 3 amide bonds. The number of hydrogen-bond donors (Lipinski definition) is 2. The summed E-state index contributed by atoms with van der Waals surface area (Å²) in [5.74, 6) is -0.705. The maximum absolute atomic E-state index is 14.2. The number of benzene rings is 2. The quantitative estimate of drug-likeness (QED) is 0.390. The van der Waals surface area contributed by atoms with Crippen LogP contribution < -0.4 is 0 Å². The molecule has 1 saturated heterocycles. The van der Waals surface area contributed by atoms with Gasteiger partial charge in [0, 0.05) is 49.2 Å². The van der Waals surface area contributed by atoms with Crippen molar-refractivity contribution in [2.75, 3.05) is 26.2 Å². The van der Waals surface area contributed by atoms with Gasteiger partial charge in [-0.05, 0) is 48.2 Å². The van der Waals surface area contributed by atoms with Crippen LogP contribution in [0.25, 0.3) is 10.9 Å². The highest BCUT2D eigenvalue weighted by Crippen LogP contribution is 2.45. The fourth-order valence-electron chi connectivity index (χ4n) is 5.77. The number of H-pyrrole nitrogens is 1. The molecule has 0 bridgehead atoms. The number of halogens is 2. The maximum Gasteiger partial charge on any atom is 0.328 e. The number of aromatic nitrogens is 1. The lowest BCUT2D eigenvalue weighted by molar-refractivity contribution is -0.128. The molecule has 186 valence electrons. The molecule has 9 heteroatoms. The predicted octanol–water partition coefficient (Wildman–Crippen LogP) is 4.60. The second kappa shape index (κ2) is 8.94. The molecule has 0 radical (unpaired) electrons. The largest absolute Gasteiger partial charge is 0.508 e. The number of aromatic amines is 1. The number of hydrogen-bond acceptors (Lipinski definition) is 4. The van der Waals surface area contributed by atoms with Crippen molar-refractivity contribution < 1.29 is 19.1 Å². The Labute approximate surface area is 212 Å². The van der Waals surface area contributed by atoms with Crippen molar-refractivity contribution in [3.8, 4) is 5.75 Å². The van der Waals surface area contributed by atoms with E-state index in [2.05, 4.69) is 22.0 Å². The molecule has 3 aromatic rings. The number of nitrogens with one attached hydrogen (secondary N) is 1. The number of carbonyl (C=O) groups is 2. The number of rotatable bonds is 5. The minimum atomic E-state index is -0.682. The van der Waals surface area contributed by atoms with Gasteiger partial charge in [0.05, 0.1) is 5.02 Å². The first-order chi connectivity index (χ1) is 17.4. The Balaban J connectivity index is 1.37. The number of aromatic hydroxyl groups is 1. The Hall–Kier alpha value is -3.36. The van der Waals surface area contributed by atoms with Crippen molar-refractivity contribution in [3.05, 3.63) is 76.2 Å². The van der Waals surface area contributed by atoms with E-state index >= 15 is 0 Å². The fourth-order valence-corrected chi connectivity index (χ4v) is 5.93. The van der Waals surface area contributed by atoms with Crippen LogP contribution in [0.5, 0.6) is 5.75 Å². The van der Waals surface area contributed by atoms with Gasteiger partial charge in [-0.1, -0.05) is 35.9 Å². The molecule has 0 saturated carbocycles. The minimum Gasteiger partial charge on any atom is -0.508 e. The van der Waals surface area contributed by atoms with E-state index in [0.29, 0.717) is 36.2 Å². The Morgan fingerprint density at radius 2 is 2.00 bits per heavy atom. The van der Waals surface area contributed by atoms with Crippen LogP contribution in [0.4, 0.5) is 9.18 Å². The number of amides is 3. The minimum absolute atomic E-state index is 0.00337. The van der Waals surface area contributed by atoms with Crippen LogP contribution in [0.15, 0.2) is 48.6 Å². The fraction of sp³-hybridized carbons (Fsp3) is 0.333. The average Bonchev–Trinajstić information content (AvgIpc) is 3.33. The molecule has 4 heterocycles. The molecule has 7 nitrogen and oxygen atoms in total. The molecule has 3 aliphatic heterocycles. The summed E-state index contributed by atoms with van der Waals surface area (Å²) < 4.78 is 14.2. The lowest BCUT2D eigenvalue weighted by atomic mass is 9.89. The average molecular weight is 509 g/mol. The standard InChI is InChI=1S/C27H26ClFN4O3/c28-20-13-18-19-14-23-26(35)32(11-5-10-31-8-2-1-3-9-31)27(36)33(23)25(16-6-4-7-17(34)12-16)24(19)30-22(18)15-21(20)29/h1-2,4,6-7,12-13,15,23,25,30,34H,3,5,8-11,14H2/t23-,25?/m0/s1. The molecule has 2 atom stereocenters. The van der Waals surface area contributed by atoms with E-state index in [-0.39, 0.29) is 22.7 Å². The SMILES string of the molecule is O=C1[C@@H]2Cc3c([nH]c4cc(F)c(Cl)cc34)C(c3cccc(O)c3)N2C(=O)N1CCCN1CC=CCC1. The van der Waals surface area contributed by atoms with Gasteiger partial charge in [0.2, 0.25) is 0 Å². The smallest absolute Gasteiger partial charge is 0.328 e. The number of imide groups is 1. The van der Waals surface area contributed by atoms with Gasteiger partial charge in [0.25, 0.3) is 5.91 Å². The second-order valence-corrected chi connectivity index (χ2v) is 10.0. The Kier molecular flexibility index (Phi) is 5.73. The third kappa shape index (κ3) is 3.76. The zero-order valence-corrected chi connectivity index (χ0v) is 20.3. The number of phenolic OH excluding ortho intramolecular Hbond substituents is 1. The highest BCUT2D eigenvalue weighted by molar-refractivity contribution is 6.31. The van der Waals surface area contributed by atoms with Crippen LogP contribution in [0.2, 0.25) is 5.02 Å². The molecule has 6 rings (SSSR count). The lowest BCUT2D eigenvalue weighted by Crippen LogP contribution is -2.44. The first-order valence-electron chi connectivity index (χ1n) is 12.2. The molecular weight excluding hydrogens is 483 g/mol.